The van der Waals surface area contributed by atoms with Crippen molar-refractivity contribution < 1.29 is 0 Å². The average molecular weight is 298 g/mol. The van der Waals surface area contributed by atoms with Crippen LogP contribution in [0.5, 0.6) is 0 Å². The summed E-state index contributed by atoms with van der Waals surface area (Å²) in [5.74, 6) is 0. The fourth-order valence-corrected chi connectivity index (χ4v) is 3.39. The van der Waals surface area contributed by atoms with Gasteiger partial charge < -0.3 is 4.90 Å². The lowest BCUT2D eigenvalue weighted by Crippen LogP contribution is -2.11. The summed E-state index contributed by atoms with van der Waals surface area (Å²) >= 11 is 1.85. The number of rotatable bonds is 3. The van der Waals surface area contributed by atoms with E-state index >= 15 is 0 Å². The van der Waals surface area contributed by atoms with Crippen molar-refractivity contribution in [2.45, 2.75) is 32.7 Å². The highest BCUT2D eigenvalue weighted by molar-refractivity contribution is 7.15. The molecule has 0 saturated heterocycles. The Hall–Kier alpha value is -1.63. The molecule has 1 heterocycles. The molecule has 0 atom stereocenters. The highest BCUT2D eigenvalue weighted by atomic mass is 32.1. The molecule has 2 rings (SSSR count). The van der Waals surface area contributed by atoms with Crippen molar-refractivity contribution in [3.63, 3.8) is 0 Å². The van der Waals surface area contributed by atoms with Crippen molar-refractivity contribution in [2.24, 2.45) is 0 Å². The quantitative estimate of drug-likeness (QED) is 0.825. The third-order valence-corrected chi connectivity index (χ3v) is 4.88. The number of hydrogen-bond donors (Lipinski definition) is 0. The van der Waals surface area contributed by atoms with Gasteiger partial charge in [0.05, 0.1) is 11.6 Å². The number of thiophene rings is 1. The molecule has 0 saturated carbocycles. The van der Waals surface area contributed by atoms with Gasteiger partial charge in [-0.1, -0.05) is 26.8 Å². The summed E-state index contributed by atoms with van der Waals surface area (Å²) < 4.78 is 0. The highest BCUT2D eigenvalue weighted by Gasteiger charge is 2.17. The first-order valence-corrected chi connectivity index (χ1v) is 7.91. The van der Waals surface area contributed by atoms with Crippen molar-refractivity contribution >= 4 is 11.3 Å². The summed E-state index contributed by atoms with van der Waals surface area (Å²) in [6.07, 6.45) is 0. The van der Waals surface area contributed by atoms with Crippen LogP contribution in [0.15, 0.2) is 30.3 Å². The van der Waals surface area contributed by atoms with E-state index in [-0.39, 0.29) is 5.41 Å². The first-order valence-electron chi connectivity index (χ1n) is 7.09. The van der Waals surface area contributed by atoms with Gasteiger partial charge in [-0.05, 0) is 54.9 Å². The van der Waals surface area contributed by atoms with E-state index in [0.717, 1.165) is 12.1 Å². The Morgan fingerprint density at radius 2 is 1.86 bits per heavy atom. The van der Waals surface area contributed by atoms with Gasteiger partial charge in [0.1, 0.15) is 0 Å². The molecular weight excluding hydrogens is 276 g/mol. The molecule has 0 unspecified atom stereocenters. The highest BCUT2D eigenvalue weighted by Crippen LogP contribution is 2.36. The van der Waals surface area contributed by atoms with Crippen LogP contribution in [-0.2, 0) is 12.0 Å². The van der Waals surface area contributed by atoms with Gasteiger partial charge in [0.15, 0.2) is 0 Å². The summed E-state index contributed by atoms with van der Waals surface area (Å²) in [5.41, 5.74) is 3.35. The van der Waals surface area contributed by atoms with Crippen LogP contribution in [0, 0.1) is 11.3 Å². The van der Waals surface area contributed by atoms with Crippen molar-refractivity contribution in [3.8, 4) is 16.5 Å². The molecule has 0 bridgehead atoms. The van der Waals surface area contributed by atoms with Crippen LogP contribution in [-0.4, -0.2) is 19.0 Å². The van der Waals surface area contributed by atoms with Crippen LogP contribution < -0.4 is 0 Å². The van der Waals surface area contributed by atoms with Crippen molar-refractivity contribution in [2.75, 3.05) is 14.1 Å². The SMILES string of the molecule is CN(C)Cc1cc(C#N)ccc1-c1ccc(C(C)(C)C)s1. The average Bonchev–Trinajstić information content (AvgIpc) is 2.87. The van der Waals surface area contributed by atoms with Crippen LogP contribution in [0.1, 0.15) is 36.8 Å². The molecule has 0 spiro atoms. The van der Waals surface area contributed by atoms with Gasteiger partial charge in [0.25, 0.3) is 0 Å². The predicted molar refractivity (Wildman–Crippen MR) is 90.6 cm³/mol. The van der Waals surface area contributed by atoms with Gasteiger partial charge >= 0.3 is 0 Å². The fraction of sp³-hybridized carbons (Fsp3) is 0.389. The van der Waals surface area contributed by atoms with Crippen molar-refractivity contribution in [3.05, 3.63) is 46.3 Å². The number of nitriles is 1. The molecule has 1 aromatic carbocycles. The molecule has 0 amide bonds. The van der Waals surface area contributed by atoms with E-state index in [9.17, 15) is 0 Å². The first-order chi connectivity index (χ1) is 9.81. The van der Waals surface area contributed by atoms with Crippen LogP contribution >= 0.6 is 11.3 Å². The van der Waals surface area contributed by atoms with Crippen LogP contribution in [0.4, 0.5) is 0 Å². The first kappa shape index (κ1) is 15.8. The minimum Gasteiger partial charge on any atom is -0.305 e. The van der Waals surface area contributed by atoms with Crippen LogP contribution in [0.3, 0.4) is 0 Å². The molecule has 2 nitrogen and oxygen atoms in total. The van der Waals surface area contributed by atoms with Gasteiger partial charge in [-0.15, -0.1) is 11.3 Å². The number of nitrogens with zero attached hydrogens (tertiary/aromatic N) is 2. The maximum absolute atomic E-state index is 9.11. The molecule has 21 heavy (non-hydrogen) atoms. The summed E-state index contributed by atoms with van der Waals surface area (Å²) in [6, 6.07) is 12.6. The molecule has 0 fully saturated rings. The molecule has 0 N–H and O–H groups in total. The molecule has 0 radical (unpaired) electrons. The van der Waals surface area contributed by atoms with Gasteiger partial charge in [-0.25, -0.2) is 0 Å². The van der Waals surface area contributed by atoms with Crippen molar-refractivity contribution in [1.29, 1.82) is 5.26 Å². The Morgan fingerprint density at radius 1 is 1.14 bits per heavy atom. The standard InChI is InChI=1S/C18H22N2S/c1-18(2,3)17-9-8-16(21-17)15-7-6-13(11-19)10-14(15)12-20(4)5/h6-10H,12H2,1-5H3. The van der Waals surface area contributed by atoms with Gasteiger partial charge in [0.2, 0.25) is 0 Å². The Bertz CT molecular complexity index is 669. The fourth-order valence-electron chi connectivity index (χ4n) is 2.26. The monoisotopic (exact) mass is 298 g/mol. The molecule has 110 valence electrons. The smallest absolute Gasteiger partial charge is 0.0991 e. The van der Waals surface area contributed by atoms with E-state index < -0.39 is 0 Å². The maximum atomic E-state index is 9.11. The van der Waals surface area contributed by atoms with E-state index in [4.69, 9.17) is 5.26 Å². The second-order valence-corrected chi connectivity index (χ2v) is 7.72. The zero-order valence-electron chi connectivity index (χ0n) is 13.4. The Morgan fingerprint density at radius 3 is 2.38 bits per heavy atom. The molecular formula is C18H22N2S. The van der Waals surface area contributed by atoms with E-state index in [1.165, 1.54) is 20.9 Å². The molecule has 3 heteroatoms. The Labute approximate surface area is 131 Å². The summed E-state index contributed by atoms with van der Waals surface area (Å²) in [7, 11) is 4.11. The third-order valence-electron chi connectivity index (χ3n) is 3.33. The van der Waals surface area contributed by atoms with E-state index in [1.807, 2.05) is 23.5 Å². The van der Waals surface area contributed by atoms with Gasteiger partial charge in [-0.3, -0.25) is 0 Å². The predicted octanol–water partition coefficient (Wildman–Crippen LogP) is 4.65. The van der Waals surface area contributed by atoms with Crippen LogP contribution in [0.2, 0.25) is 0 Å². The molecule has 0 aliphatic heterocycles. The normalized spacial score (nSPS) is 11.7. The molecule has 0 aliphatic carbocycles. The molecule has 1 aromatic heterocycles. The minimum absolute atomic E-state index is 0.178. The second kappa shape index (κ2) is 6.01. The summed E-state index contributed by atoms with van der Waals surface area (Å²) in [4.78, 5) is 4.80. The summed E-state index contributed by atoms with van der Waals surface area (Å²) in [5, 5.41) is 9.11. The Balaban J connectivity index is 2.48. The lowest BCUT2D eigenvalue weighted by Gasteiger charge is -2.16. The Kier molecular flexibility index (Phi) is 4.51. The lowest BCUT2D eigenvalue weighted by atomic mass is 9.95. The third kappa shape index (κ3) is 3.72. The second-order valence-electron chi connectivity index (χ2n) is 6.64. The van der Waals surface area contributed by atoms with Crippen LogP contribution in [0.25, 0.3) is 10.4 Å². The number of hydrogen-bond acceptors (Lipinski definition) is 3. The summed E-state index contributed by atoms with van der Waals surface area (Å²) in [6.45, 7) is 7.56. The van der Waals surface area contributed by atoms with Crippen molar-refractivity contribution in [1.82, 2.24) is 4.90 Å². The topological polar surface area (TPSA) is 27.0 Å². The largest absolute Gasteiger partial charge is 0.305 e. The zero-order chi connectivity index (χ0) is 15.6. The lowest BCUT2D eigenvalue weighted by molar-refractivity contribution is 0.403. The zero-order valence-corrected chi connectivity index (χ0v) is 14.2. The van der Waals surface area contributed by atoms with E-state index in [2.05, 4.69) is 64.0 Å². The van der Waals surface area contributed by atoms with E-state index in [1.54, 1.807) is 0 Å². The minimum atomic E-state index is 0.178. The molecule has 2 aromatic rings. The maximum Gasteiger partial charge on any atom is 0.0991 e. The number of benzene rings is 1. The van der Waals surface area contributed by atoms with E-state index in [0.29, 0.717) is 0 Å². The van der Waals surface area contributed by atoms with Gasteiger partial charge in [0, 0.05) is 16.3 Å². The van der Waals surface area contributed by atoms with Gasteiger partial charge in [-0.2, -0.15) is 5.26 Å². The molecule has 0 aliphatic rings.